The van der Waals surface area contributed by atoms with E-state index in [1.165, 1.54) is 19.3 Å². The Labute approximate surface area is 116 Å². The molecule has 1 aliphatic heterocycles. The second-order valence-corrected chi connectivity index (χ2v) is 6.53. The normalized spacial score (nSPS) is 33.5. The molecule has 1 saturated heterocycles. The van der Waals surface area contributed by atoms with Crippen LogP contribution in [0.3, 0.4) is 0 Å². The number of likely N-dealkylation sites (tertiary alicyclic amines) is 1. The van der Waals surface area contributed by atoms with Crippen molar-refractivity contribution < 1.29 is 9.90 Å². The van der Waals surface area contributed by atoms with Gasteiger partial charge in [0.15, 0.2) is 0 Å². The molecule has 110 valence electrons. The lowest BCUT2D eigenvalue weighted by molar-refractivity contribution is -0.148. The summed E-state index contributed by atoms with van der Waals surface area (Å²) in [7, 11) is 0. The van der Waals surface area contributed by atoms with Gasteiger partial charge in [-0.25, -0.2) is 0 Å². The third kappa shape index (κ3) is 3.48. The third-order valence-electron chi connectivity index (χ3n) is 4.61. The Morgan fingerprint density at radius 2 is 1.95 bits per heavy atom. The molecule has 1 saturated carbocycles. The Bertz CT molecular complexity index is 313. The number of carbonyl (C=O) groups is 1. The molecule has 0 amide bonds. The van der Waals surface area contributed by atoms with E-state index in [-0.39, 0.29) is 6.04 Å². The molecule has 0 aromatic heterocycles. The minimum Gasteiger partial charge on any atom is -0.480 e. The van der Waals surface area contributed by atoms with Crippen LogP contribution in [-0.2, 0) is 4.79 Å². The summed E-state index contributed by atoms with van der Waals surface area (Å²) in [6, 6.07) is 0.674. The van der Waals surface area contributed by atoms with Crippen molar-refractivity contribution in [3.8, 4) is 0 Å². The van der Waals surface area contributed by atoms with Crippen molar-refractivity contribution in [3.05, 3.63) is 0 Å². The molecule has 2 fully saturated rings. The van der Waals surface area contributed by atoms with Crippen LogP contribution < -0.4 is 5.32 Å². The first kappa shape index (κ1) is 14.8. The van der Waals surface area contributed by atoms with E-state index in [9.17, 15) is 9.90 Å². The van der Waals surface area contributed by atoms with Crippen molar-refractivity contribution >= 4 is 5.97 Å². The summed E-state index contributed by atoms with van der Waals surface area (Å²) < 4.78 is 0. The molecule has 2 unspecified atom stereocenters. The topological polar surface area (TPSA) is 52.6 Å². The molecular weight excluding hydrogens is 240 g/mol. The lowest BCUT2D eigenvalue weighted by atomic mass is 9.77. The summed E-state index contributed by atoms with van der Waals surface area (Å²) in [6.45, 7) is 6.38. The van der Waals surface area contributed by atoms with Gasteiger partial charge < -0.3 is 10.0 Å². The maximum atomic E-state index is 11.8. The monoisotopic (exact) mass is 268 g/mol. The van der Waals surface area contributed by atoms with E-state index in [0.717, 1.165) is 38.8 Å². The first-order valence-corrected chi connectivity index (χ1v) is 7.79. The average Bonchev–Trinajstić information content (AvgIpc) is 2.39. The number of carboxylic acids is 1. The van der Waals surface area contributed by atoms with Crippen molar-refractivity contribution in [3.63, 3.8) is 0 Å². The van der Waals surface area contributed by atoms with Crippen molar-refractivity contribution in [2.45, 2.75) is 76.4 Å². The molecule has 0 aromatic carbocycles. The lowest BCUT2D eigenvalue weighted by Gasteiger charge is -2.44. The Morgan fingerprint density at radius 1 is 1.26 bits per heavy atom. The van der Waals surface area contributed by atoms with Gasteiger partial charge in [0.25, 0.3) is 0 Å². The van der Waals surface area contributed by atoms with E-state index >= 15 is 0 Å². The summed E-state index contributed by atoms with van der Waals surface area (Å²) in [5, 5.41) is 13.0. The van der Waals surface area contributed by atoms with Gasteiger partial charge in [0.05, 0.1) is 0 Å². The summed E-state index contributed by atoms with van der Waals surface area (Å²) >= 11 is 0. The molecule has 1 aliphatic carbocycles. The number of hydrogen-bond donors (Lipinski definition) is 2. The number of nitrogens with zero attached hydrogens (tertiary/aromatic N) is 1. The molecule has 4 nitrogen and oxygen atoms in total. The smallest absolute Gasteiger partial charge is 0.323 e. The van der Waals surface area contributed by atoms with Crippen molar-refractivity contribution in [2.75, 3.05) is 13.1 Å². The second kappa shape index (κ2) is 6.23. The van der Waals surface area contributed by atoms with Gasteiger partial charge >= 0.3 is 5.97 Å². The number of piperidine rings is 1. The molecule has 19 heavy (non-hydrogen) atoms. The van der Waals surface area contributed by atoms with Crippen LogP contribution in [0.25, 0.3) is 0 Å². The number of carboxylic acid groups (broad SMARTS) is 1. The Balaban J connectivity index is 2.06. The van der Waals surface area contributed by atoms with Crippen LogP contribution in [0.15, 0.2) is 0 Å². The van der Waals surface area contributed by atoms with E-state index in [0.29, 0.717) is 6.04 Å². The predicted molar refractivity (Wildman–Crippen MR) is 76.3 cm³/mol. The summed E-state index contributed by atoms with van der Waals surface area (Å²) in [5.74, 6) is -0.664. The SMILES string of the molecule is CC(C)NC1(C(=O)O)CCCC(N2CCCCC2)C1. The van der Waals surface area contributed by atoms with Gasteiger partial charge in [-0.1, -0.05) is 6.42 Å². The summed E-state index contributed by atoms with van der Waals surface area (Å²) in [4.78, 5) is 14.3. The summed E-state index contributed by atoms with van der Waals surface area (Å²) in [5.41, 5.74) is -0.700. The molecule has 2 N–H and O–H groups in total. The van der Waals surface area contributed by atoms with E-state index in [4.69, 9.17) is 0 Å². The van der Waals surface area contributed by atoms with Crippen molar-refractivity contribution in [2.24, 2.45) is 0 Å². The van der Waals surface area contributed by atoms with Gasteiger partial charge in [-0.15, -0.1) is 0 Å². The highest BCUT2D eigenvalue weighted by Gasteiger charge is 2.44. The molecule has 4 heteroatoms. The highest BCUT2D eigenvalue weighted by Crippen LogP contribution is 2.33. The van der Waals surface area contributed by atoms with Crippen LogP contribution >= 0.6 is 0 Å². The molecule has 0 spiro atoms. The van der Waals surface area contributed by atoms with Crippen LogP contribution in [0.5, 0.6) is 0 Å². The van der Waals surface area contributed by atoms with Gasteiger partial charge in [-0.3, -0.25) is 10.1 Å². The van der Waals surface area contributed by atoms with Gasteiger partial charge in [0.1, 0.15) is 5.54 Å². The fraction of sp³-hybridized carbons (Fsp3) is 0.933. The highest BCUT2D eigenvalue weighted by molar-refractivity contribution is 5.79. The summed E-state index contributed by atoms with van der Waals surface area (Å²) in [6.07, 6.45) is 7.59. The van der Waals surface area contributed by atoms with Crippen molar-refractivity contribution in [1.29, 1.82) is 0 Å². The number of hydrogen-bond acceptors (Lipinski definition) is 3. The largest absolute Gasteiger partial charge is 0.480 e. The van der Waals surface area contributed by atoms with E-state index in [2.05, 4.69) is 10.2 Å². The predicted octanol–water partition coefficient (Wildman–Crippen LogP) is 2.24. The van der Waals surface area contributed by atoms with Gasteiger partial charge in [-0.05, 0) is 65.5 Å². The van der Waals surface area contributed by atoms with E-state index in [1.807, 2.05) is 13.8 Å². The lowest BCUT2D eigenvalue weighted by Crippen LogP contribution is -2.60. The molecule has 1 heterocycles. The number of rotatable bonds is 4. The Kier molecular flexibility index (Phi) is 4.85. The third-order valence-corrected chi connectivity index (χ3v) is 4.61. The molecule has 0 radical (unpaired) electrons. The zero-order valence-electron chi connectivity index (χ0n) is 12.3. The van der Waals surface area contributed by atoms with Crippen LogP contribution in [0.1, 0.15) is 58.8 Å². The molecule has 2 rings (SSSR count). The van der Waals surface area contributed by atoms with Crippen LogP contribution in [-0.4, -0.2) is 46.7 Å². The zero-order chi connectivity index (χ0) is 13.9. The average molecular weight is 268 g/mol. The fourth-order valence-electron chi connectivity index (χ4n) is 3.78. The van der Waals surface area contributed by atoms with Gasteiger partial charge in [-0.2, -0.15) is 0 Å². The highest BCUT2D eigenvalue weighted by atomic mass is 16.4. The minimum atomic E-state index is -0.700. The van der Waals surface area contributed by atoms with E-state index in [1.54, 1.807) is 0 Å². The zero-order valence-corrected chi connectivity index (χ0v) is 12.3. The van der Waals surface area contributed by atoms with Crippen LogP contribution in [0, 0.1) is 0 Å². The maximum absolute atomic E-state index is 11.8. The Hall–Kier alpha value is -0.610. The molecule has 2 atom stereocenters. The fourth-order valence-corrected chi connectivity index (χ4v) is 3.78. The Morgan fingerprint density at radius 3 is 2.53 bits per heavy atom. The standard InChI is InChI=1S/C15H28N2O2/c1-12(2)16-15(14(18)19)8-6-7-13(11-15)17-9-4-3-5-10-17/h12-13,16H,3-11H2,1-2H3,(H,18,19). The molecule has 2 aliphatic rings. The van der Waals surface area contributed by atoms with Gasteiger partial charge in [0.2, 0.25) is 0 Å². The maximum Gasteiger partial charge on any atom is 0.323 e. The molecular formula is C15H28N2O2. The number of nitrogens with one attached hydrogen (secondary N) is 1. The van der Waals surface area contributed by atoms with E-state index < -0.39 is 11.5 Å². The minimum absolute atomic E-state index is 0.219. The van der Waals surface area contributed by atoms with Crippen LogP contribution in [0.4, 0.5) is 0 Å². The first-order chi connectivity index (χ1) is 9.03. The quantitative estimate of drug-likeness (QED) is 0.821. The molecule has 0 bridgehead atoms. The molecule has 0 aromatic rings. The first-order valence-electron chi connectivity index (χ1n) is 7.79. The van der Waals surface area contributed by atoms with Crippen molar-refractivity contribution in [1.82, 2.24) is 10.2 Å². The van der Waals surface area contributed by atoms with Crippen LogP contribution in [0.2, 0.25) is 0 Å². The number of aliphatic carboxylic acids is 1. The second-order valence-electron chi connectivity index (χ2n) is 6.53. The van der Waals surface area contributed by atoms with Gasteiger partial charge in [0, 0.05) is 12.1 Å².